The van der Waals surface area contributed by atoms with Gasteiger partial charge in [-0.2, -0.15) is 0 Å². The number of rotatable bonds is 6. The van der Waals surface area contributed by atoms with Crippen molar-refractivity contribution in [2.45, 2.75) is 187 Å². The summed E-state index contributed by atoms with van der Waals surface area (Å²) in [5, 5.41) is 47.3. The van der Waals surface area contributed by atoms with Crippen molar-refractivity contribution in [1.82, 2.24) is 9.80 Å². The third-order valence-electron chi connectivity index (χ3n) is 12.7. The van der Waals surface area contributed by atoms with E-state index >= 15 is 0 Å². The van der Waals surface area contributed by atoms with E-state index in [2.05, 4.69) is 20.8 Å². The molecule has 0 saturated carbocycles. The zero-order chi connectivity index (χ0) is 39.0. The monoisotopic (exact) mass is 731 g/mol. The topological polar surface area (TPSA) is 151 Å². The Morgan fingerprint density at radius 3 is 2.10 bits per heavy atom. The van der Waals surface area contributed by atoms with E-state index in [4.69, 9.17) is 23.7 Å². The molecule has 2 unspecified atom stereocenters. The van der Waals surface area contributed by atoms with Crippen LogP contribution in [0, 0.1) is 29.1 Å². The first-order valence-corrected chi connectivity index (χ1v) is 19.3. The van der Waals surface area contributed by atoms with Crippen molar-refractivity contribution in [3.63, 3.8) is 0 Å². The molecule has 3 aliphatic heterocycles. The molecule has 0 radical (unpaired) electrons. The summed E-state index contributed by atoms with van der Waals surface area (Å²) in [6, 6.07) is -0.737. The summed E-state index contributed by atoms with van der Waals surface area (Å²) < 4.78 is 32.3. The number of esters is 1. The van der Waals surface area contributed by atoms with E-state index in [1.807, 2.05) is 72.5 Å². The van der Waals surface area contributed by atoms with Crippen LogP contribution in [0.3, 0.4) is 0 Å². The van der Waals surface area contributed by atoms with Gasteiger partial charge in [-0.25, -0.2) is 0 Å². The molecule has 3 fully saturated rings. The van der Waals surface area contributed by atoms with Gasteiger partial charge in [0, 0.05) is 31.0 Å². The van der Waals surface area contributed by atoms with Crippen LogP contribution in [-0.2, 0) is 28.5 Å². The predicted octanol–water partition coefficient (Wildman–Crippen LogP) is 3.80. The molecular formula is C39H74N2O10. The first kappa shape index (κ1) is 44.5. The maximum absolute atomic E-state index is 14.2. The Kier molecular flexibility index (Phi) is 15.0. The Hall–Kier alpha value is -0.930. The maximum atomic E-state index is 14.2. The second-order valence-corrected chi connectivity index (χ2v) is 18.0. The lowest BCUT2D eigenvalue weighted by Crippen LogP contribution is -2.59. The highest BCUT2D eigenvalue weighted by atomic mass is 16.7. The van der Waals surface area contributed by atoms with E-state index in [0.29, 0.717) is 19.4 Å². The van der Waals surface area contributed by atoms with Gasteiger partial charge in [0.15, 0.2) is 12.6 Å². The van der Waals surface area contributed by atoms with Gasteiger partial charge in [-0.05, 0) is 99.2 Å². The lowest BCUT2D eigenvalue weighted by molar-refractivity contribution is -0.310. The van der Waals surface area contributed by atoms with Gasteiger partial charge < -0.3 is 53.9 Å². The molecule has 3 heterocycles. The molecule has 0 aromatic rings. The summed E-state index contributed by atoms with van der Waals surface area (Å²) in [5.74, 6) is -1.99. The summed E-state index contributed by atoms with van der Waals surface area (Å²) >= 11 is 0. The van der Waals surface area contributed by atoms with Crippen molar-refractivity contribution in [3.8, 4) is 0 Å². The number of hydrogen-bond acceptors (Lipinski definition) is 12. The Labute approximate surface area is 308 Å². The van der Waals surface area contributed by atoms with E-state index in [0.717, 1.165) is 0 Å². The quantitative estimate of drug-likeness (QED) is 0.295. The molecule has 3 rings (SSSR count). The van der Waals surface area contributed by atoms with Gasteiger partial charge in [0.1, 0.15) is 23.9 Å². The van der Waals surface area contributed by atoms with Crippen molar-refractivity contribution < 1.29 is 48.9 Å². The number of nitrogens with zero attached hydrogens (tertiary/aromatic N) is 2. The highest BCUT2D eigenvalue weighted by molar-refractivity contribution is 5.73. The number of aliphatic hydroxyl groups excluding tert-OH is 2. The Balaban J connectivity index is 2.16. The number of ether oxygens (including phenoxy) is 5. The molecular weight excluding hydrogens is 656 g/mol. The fraction of sp³-hybridized carbons (Fsp3) is 0.974. The Morgan fingerprint density at radius 1 is 0.941 bits per heavy atom. The van der Waals surface area contributed by atoms with Crippen LogP contribution >= 0.6 is 0 Å². The minimum atomic E-state index is -1.75. The molecule has 0 aromatic heterocycles. The number of carbonyl (C=O) groups excluding carboxylic acids is 1. The third kappa shape index (κ3) is 10.2. The van der Waals surface area contributed by atoms with Crippen LogP contribution in [0.5, 0.6) is 0 Å². The van der Waals surface area contributed by atoms with Gasteiger partial charge in [0.2, 0.25) is 0 Å². The smallest absolute Gasteiger partial charge is 0.311 e. The molecule has 4 N–H and O–H groups in total. The first-order chi connectivity index (χ1) is 23.3. The predicted molar refractivity (Wildman–Crippen MR) is 196 cm³/mol. The zero-order valence-corrected chi connectivity index (χ0v) is 34.3. The third-order valence-corrected chi connectivity index (χ3v) is 12.7. The van der Waals surface area contributed by atoms with Gasteiger partial charge in [-0.3, -0.25) is 4.79 Å². The van der Waals surface area contributed by atoms with Gasteiger partial charge >= 0.3 is 5.97 Å². The summed E-state index contributed by atoms with van der Waals surface area (Å²) in [5.41, 5.74) is -3.36. The molecule has 12 heteroatoms. The van der Waals surface area contributed by atoms with Crippen molar-refractivity contribution in [3.05, 3.63) is 0 Å². The highest BCUT2D eigenvalue weighted by Gasteiger charge is 2.51. The van der Waals surface area contributed by atoms with Crippen LogP contribution in [0.15, 0.2) is 0 Å². The normalized spacial score (nSPS) is 48.5. The van der Waals surface area contributed by atoms with E-state index in [1.165, 1.54) is 6.92 Å². The van der Waals surface area contributed by atoms with Crippen LogP contribution in [-0.4, -0.2) is 142 Å². The van der Waals surface area contributed by atoms with E-state index in [9.17, 15) is 25.2 Å². The second kappa shape index (κ2) is 17.3. The maximum Gasteiger partial charge on any atom is 0.311 e. The summed E-state index contributed by atoms with van der Waals surface area (Å²) in [4.78, 5) is 18.1. The van der Waals surface area contributed by atoms with Gasteiger partial charge in [-0.15, -0.1) is 0 Å². The van der Waals surface area contributed by atoms with Crippen molar-refractivity contribution in [2.24, 2.45) is 29.1 Å². The standard InChI is InChI=1S/C39H74N2O10/c1-16-29-39(12,46)33(43)26(7)41(15)20-21(2)18-38(11,45)34(51-36-31(42)28(40(13)14)17-22(3)47-36)23(4)32(24(5)35(44)49-29)50-30-19-37(9,10)25(6)27(8)48-30/h21-34,36,42-43,45-46H,16-20H2,1-15H3/t21-,22-,23+,24-,25+,26-,27+,28+,29-,30+,31-,32?,33-,34-,36?,38-,39-/m1/s1. The Morgan fingerprint density at radius 2 is 1.55 bits per heavy atom. The molecule has 0 spiro atoms. The minimum Gasteiger partial charge on any atom is -0.459 e. The van der Waals surface area contributed by atoms with Crippen LogP contribution in [0.1, 0.15) is 109 Å². The molecule has 0 aliphatic carbocycles. The number of cyclic esters (lactones) is 1. The highest BCUT2D eigenvalue weighted by Crippen LogP contribution is 2.43. The zero-order valence-electron chi connectivity index (χ0n) is 34.3. The Bertz CT molecular complexity index is 1120. The van der Waals surface area contributed by atoms with Crippen LogP contribution in [0.2, 0.25) is 0 Å². The van der Waals surface area contributed by atoms with Crippen LogP contribution < -0.4 is 0 Å². The van der Waals surface area contributed by atoms with Crippen molar-refractivity contribution in [2.75, 3.05) is 27.7 Å². The molecule has 3 aliphatic rings. The van der Waals surface area contributed by atoms with Gasteiger partial charge in [0.25, 0.3) is 0 Å². The fourth-order valence-corrected chi connectivity index (χ4v) is 8.88. The average Bonchev–Trinajstić information content (AvgIpc) is 3.02. The summed E-state index contributed by atoms with van der Waals surface area (Å²) in [7, 11) is 5.69. The second-order valence-electron chi connectivity index (χ2n) is 18.0. The number of hydrogen-bond donors (Lipinski definition) is 4. The van der Waals surface area contributed by atoms with Gasteiger partial charge in [0.05, 0.1) is 35.9 Å². The molecule has 0 amide bonds. The fourth-order valence-electron chi connectivity index (χ4n) is 8.88. The van der Waals surface area contributed by atoms with Gasteiger partial charge in [-0.1, -0.05) is 41.5 Å². The number of likely N-dealkylation sites (N-methyl/N-ethyl adjacent to an activating group) is 2. The summed E-state index contributed by atoms with van der Waals surface area (Å²) in [6.45, 7) is 23.5. The molecule has 12 nitrogen and oxygen atoms in total. The SMILES string of the molecule is CC[C@H]1OC(=O)[C@H](C)C(O[C@H]2CC(C)(C)[C@@H](C)[C@H](C)O2)[C@H](C)[C@@H](OC2O[C@H](C)C[C@H](N(C)C)[C@H]2O)[C@](C)(O)C[C@@H](C)CN(C)[C@H](C)[C@@H](O)[C@]1(C)O. The average molecular weight is 731 g/mol. The first-order valence-electron chi connectivity index (χ1n) is 19.3. The molecule has 51 heavy (non-hydrogen) atoms. The molecule has 17 atom stereocenters. The molecule has 0 bridgehead atoms. The largest absolute Gasteiger partial charge is 0.459 e. The molecule has 0 aromatic carbocycles. The molecule has 300 valence electrons. The van der Waals surface area contributed by atoms with E-state index < -0.39 is 78.1 Å². The van der Waals surface area contributed by atoms with Crippen molar-refractivity contribution in [1.29, 1.82) is 0 Å². The van der Waals surface area contributed by atoms with Crippen LogP contribution in [0.25, 0.3) is 0 Å². The van der Waals surface area contributed by atoms with E-state index in [-0.39, 0.29) is 48.3 Å². The molecule has 3 saturated heterocycles. The van der Waals surface area contributed by atoms with E-state index in [1.54, 1.807) is 13.8 Å². The number of carbonyl (C=O) groups is 1. The van der Waals surface area contributed by atoms with Crippen LogP contribution in [0.4, 0.5) is 0 Å². The number of aliphatic hydroxyl groups is 4. The lowest BCUT2D eigenvalue weighted by Gasteiger charge is -2.49. The van der Waals surface area contributed by atoms with Crippen molar-refractivity contribution >= 4 is 5.97 Å². The summed E-state index contributed by atoms with van der Waals surface area (Å²) in [6.07, 6.45) is -5.38. The lowest BCUT2D eigenvalue weighted by atomic mass is 9.72. The minimum absolute atomic E-state index is 0.0971.